The Labute approximate surface area is 136 Å². The van der Waals surface area contributed by atoms with Crippen LogP contribution in [0.15, 0.2) is 66.7 Å². The zero-order chi connectivity index (χ0) is 14.8. The number of rotatable bonds is 4. The number of hydrogen-bond donors (Lipinski definition) is 1. The second-order valence-corrected chi connectivity index (χ2v) is 4.34. The van der Waals surface area contributed by atoms with E-state index in [0.29, 0.717) is 5.76 Å². The summed E-state index contributed by atoms with van der Waals surface area (Å²) < 4.78 is 0. The third-order valence-electron chi connectivity index (χ3n) is 3.10. The van der Waals surface area contributed by atoms with E-state index in [1.54, 1.807) is 0 Å². The quantitative estimate of drug-likeness (QED) is 0.538. The normalized spacial score (nSPS) is 12.3. The molecule has 2 aromatic carbocycles. The topological polar surface area (TPSA) is 20.2 Å². The second kappa shape index (κ2) is 9.82. The Bertz CT molecular complexity index is 511. The fourth-order valence-electron chi connectivity index (χ4n) is 2.05. The average molecular weight is 382 g/mol. The van der Waals surface area contributed by atoms with Crippen LogP contribution in [0.2, 0.25) is 0 Å². The molecule has 0 spiro atoms. The zero-order valence-electron chi connectivity index (χ0n) is 11.3. The van der Waals surface area contributed by atoms with Crippen LogP contribution in [0.25, 0.3) is 5.76 Å². The Hall–Kier alpha value is -1.02. The molecular weight excluding hydrogens is 364 g/mol. The molecule has 0 radical (unpaired) electrons. The van der Waals surface area contributed by atoms with Gasteiger partial charge in [0.2, 0.25) is 0 Å². The molecule has 0 heterocycles. The molecule has 2 rings (SSSR count). The summed E-state index contributed by atoms with van der Waals surface area (Å²) in [6, 6.07) is 19.9. The van der Waals surface area contributed by atoms with Gasteiger partial charge in [-0.3, -0.25) is 0 Å². The molecule has 1 atom stereocenters. The van der Waals surface area contributed by atoms with Crippen LogP contribution >= 0.6 is 14.1 Å². The van der Waals surface area contributed by atoms with E-state index < -0.39 is 0 Å². The van der Waals surface area contributed by atoms with Crippen molar-refractivity contribution < 1.29 is 19.3 Å². The maximum absolute atomic E-state index is 10.1. The molecule has 0 saturated heterocycles. The van der Waals surface area contributed by atoms with Gasteiger partial charge in [0.15, 0.2) is 0 Å². The maximum atomic E-state index is 10.1. The number of allylic oxidation sites excluding steroid dienone is 1. The summed E-state index contributed by atoms with van der Waals surface area (Å²) in [5.74, 6) is 0.609. The summed E-state index contributed by atoms with van der Waals surface area (Å²) in [5, 5.41) is 10.1. The van der Waals surface area contributed by atoms with Crippen LogP contribution in [0.1, 0.15) is 30.4 Å². The number of benzene rings is 2. The van der Waals surface area contributed by atoms with Crippen molar-refractivity contribution in [1.82, 2.24) is 0 Å². The first-order chi connectivity index (χ1) is 9.81. The van der Waals surface area contributed by atoms with Crippen molar-refractivity contribution in [2.45, 2.75) is 19.3 Å². The van der Waals surface area contributed by atoms with Crippen molar-refractivity contribution in [3.05, 3.63) is 77.9 Å². The van der Waals surface area contributed by atoms with E-state index in [1.165, 1.54) is 5.56 Å². The molecule has 0 fully saturated rings. The minimum absolute atomic E-state index is 0.256. The summed E-state index contributed by atoms with van der Waals surface area (Å²) in [6.07, 6.45) is 2.91. The Kier molecular flexibility index (Phi) is 8.36. The molecule has 0 aliphatic rings. The van der Waals surface area contributed by atoms with Gasteiger partial charge in [0.05, 0.1) is 0 Å². The van der Waals surface area contributed by atoms with Crippen LogP contribution in [0.4, 0.5) is 0 Å². The van der Waals surface area contributed by atoms with Gasteiger partial charge in [-0.15, -0.1) is 0 Å². The number of hydrogen-bond acceptors (Lipinski definition) is 1. The standard InChI is InChI=1S/C17H18O.BrH.Cu/c1-2-14(15-9-5-3-6-10-15)13-17(18)16-11-7-4-8-12-16;;/h3-14,18H,2H2,1H3;1H;/q;;+1/p-1/b17-13-;;. The van der Waals surface area contributed by atoms with Crippen molar-refractivity contribution in [3.8, 4) is 0 Å². The van der Waals surface area contributed by atoms with Crippen molar-refractivity contribution in [3.63, 3.8) is 0 Å². The van der Waals surface area contributed by atoms with E-state index in [2.05, 4.69) is 47.4 Å². The molecule has 110 valence electrons. The molecule has 1 nitrogen and oxygen atoms in total. The third kappa shape index (κ3) is 5.16. The fraction of sp³-hybridized carbons (Fsp3) is 0.176. The van der Waals surface area contributed by atoms with E-state index >= 15 is 0 Å². The molecule has 1 N–H and O–H groups in total. The molecule has 0 aromatic heterocycles. The van der Waals surface area contributed by atoms with Gasteiger partial charge in [-0.05, 0) is 18.1 Å². The molecule has 2 aromatic rings. The van der Waals surface area contributed by atoms with Gasteiger partial charge in [-0.2, -0.15) is 0 Å². The second-order valence-electron chi connectivity index (χ2n) is 4.34. The van der Waals surface area contributed by atoms with Crippen LogP contribution in [0, 0.1) is 0 Å². The Morgan fingerprint density at radius 1 is 1.05 bits per heavy atom. The van der Waals surface area contributed by atoms with Crippen LogP contribution < -0.4 is 0 Å². The average Bonchev–Trinajstić information content (AvgIpc) is 2.56. The van der Waals surface area contributed by atoms with Crippen LogP contribution in [-0.4, -0.2) is 5.11 Å². The minimum atomic E-state index is 0.256. The molecule has 0 aliphatic heterocycles. The van der Waals surface area contributed by atoms with Gasteiger partial charge in [0.25, 0.3) is 0 Å². The van der Waals surface area contributed by atoms with E-state index in [4.69, 9.17) is 0 Å². The van der Waals surface area contributed by atoms with Crippen molar-refractivity contribution >= 4 is 19.9 Å². The van der Waals surface area contributed by atoms with Gasteiger partial charge in [-0.1, -0.05) is 67.6 Å². The Morgan fingerprint density at radius 3 is 2.05 bits per heavy atom. The SMILES string of the molecule is CCC(/C=C(\O)c1ccccc1)c1ccccc1.[Cu][Br]. The van der Waals surface area contributed by atoms with E-state index in [1.807, 2.05) is 54.6 Å². The number of halogens is 1. The summed E-state index contributed by atoms with van der Waals surface area (Å²) >= 11 is 6.50. The number of aliphatic hydroxyl groups is 1. The molecule has 3 heteroatoms. The monoisotopic (exact) mass is 380 g/mol. The van der Waals surface area contributed by atoms with Crippen molar-refractivity contribution in [1.29, 1.82) is 0 Å². The number of aliphatic hydroxyl groups excluding tert-OH is 1. The Morgan fingerprint density at radius 2 is 1.55 bits per heavy atom. The zero-order valence-corrected chi connectivity index (χ0v) is 13.8. The first kappa shape index (κ1) is 17.0. The molecular formula is C17H18BrCuO. The fourth-order valence-corrected chi connectivity index (χ4v) is 2.05. The van der Waals surface area contributed by atoms with Crippen LogP contribution in [-0.2, 0) is 14.2 Å². The molecule has 1 unspecified atom stereocenters. The summed E-state index contributed by atoms with van der Waals surface area (Å²) in [4.78, 5) is 0. The van der Waals surface area contributed by atoms with E-state index in [9.17, 15) is 5.11 Å². The first-order valence-corrected chi connectivity index (χ1v) is 8.76. The van der Waals surface area contributed by atoms with Crippen molar-refractivity contribution in [2.75, 3.05) is 0 Å². The van der Waals surface area contributed by atoms with Gasteiger partial charge in [-0.25, -0.2) is 0 Å². The predicted molar refractivity (Wildman–Crippen MR) is 85.4 cm³/mol. The van der Waals surface area contributed by atoms with Gasteiger partial charge in [0.1, 0.15) is 5.76 Å². The molecule has 0 aliphatic carbocycles. The van der Waals surface area contributed by atoms with Crippen molar-refractivity contribution in [2.24, 2.45) is 0 Å². The van der Waals surface area contributed by atoms with E-state index in [0.717, 1.165) is 12.0 Å². The van der Waals surface area contributed by atoms with Gasteiger partial charge >= 0.3 is 28.3 Å². The molecule has 0 amide bonds. The van der Waals surface area contributed by atoms with Gasteiger partial charge < -0.3 is 5.11 Å². The third-order valence-corrected chi connectivity index (χ3v) is 3.10. The first-order valence-electron chi connectivity index (χ1n) is 6.43. The molecule has 0 bridgehead atoms. The summed E-state index contributed by atoms with van der Waals surface area (Å²) in [7, 11) is 0. The summed E-state index contributed by atoms with van der Waals surface area (Å²) in [6.45, 7) is 2.13. The summed E-state index contributed by atoms with van der Waals surface area (Å²) in [5.41, 5.74) is 2.11. The van der Waals surface area contributed by atoms with Crippen LogP contribution in [0.5, 0.6) is 0 Å². The van der Waals surface area contributed by atoms with Crippen LogP contribution in [0.3, 0.4) is 0 Å². The van der Waals surface area contributed by atoms with E-state index in [-0.39, 0.29) is 5.92 Å². The Balaban J connectivity index is 0.000000956. The molecule has 0 saturated carbocycles. The molecule has 20 heavy (non-hydrogen) atoms. The predicted octanol–water partition coefficient (Wildman–Crippen LogP) is 5.62. The van der Waals surface area contributed by atoms with Gasteiger partial charge in [0, 0.05) is 11.5 Å².